The molecule has 8 nitrogen and oxygen atoms in total. The maximum Gasteiger partial charge on any atom is 0.298 e. The standard InChI is InChI=1S/C26H26N6O2/c1-3-24(33)31-11-9-26(18-31)8-5-10-30(17-26)23-7-6-19(14-28-23)22-12-21(34-4-2)16-32-25(22)20(13-27)15-29-32/h1,6-7,12,14-16H,4-5,8-11,17-18H2,2H3. The maximum absolute atomic E-state index is 12.0. The van der Waals surface area contributed by atoms with Gasteiger partial charge in [-0.05, 0) is 50.3 Å². The summed E-state index contributed by atoms with van der Waals surface area (Å²) in [6, 6.07) is 8.22. The van der Waals surface area contributed by atoms with Gasteiger partial charge in [0.1, 0.15) is 17.6 Å². The van der Waals surface area contributed by atoms with E-state index in [1.807, 2.05) is 31.3 Å². The van der Waals surface area contributed by atoms with Crippen molar-refractivity contribution in [3.8, 4) is 35.3 Å². The van der Waals surface area contributed by atoms with Gasteiger partial charge in [0, 0.05) is 48.9 Å². The Kier molecular flexibility index (Phi) is 5.59. The number of piperidine rings is 1. The zero-order valence-corrected chi connectivity index (χ0v) is 19.2. The van der Waals surface area contributed by atoms with Gasteiger partial charge < -0.3 is 14.5 Å². The van der Waals surface area contributed by atoms with E-state index in [-0.39, 0.29) is 11.3 Å². The number of anilines is 1. The summed E-state index contributed by atoms with van der Waals surface area (Å²) >= 11 is 0. The maximum atomic E-state index is 12.0. The van der Waals surface area contributed by atoms with Crippen LogP contribution >= 0.6 is 0 Å². The topological polar surface area (TPSA) is 86.8 Å². The van der Waals surface area contributed by atoms with Crippen LogP contribution in [0.25, 0.3) is 16.6 Å². The number of hydrogen-bond donors (Lipinski definition) is 0. The average molecular weight is 455 g/mol. The fourth-order valence-corrected chi connectivity index (χ4v) is 5.31. The van der Waals surface area contributed by atoms with Crippen LogP contribution in [0.5, 0.6) is 5.75 Å². The molecule has 1 amide bonds. The zero-order valence-electron chi connectivity index (χ0n) is 19.2. The molecule has 2 aliphatic rings. The lowest BCUT2D eigenvalue weighted by atomic mass is 9.79. The molecule has 0 radical (unpaired) electrons. The monoisotopic (exact) mass is 454 g/mol. The number of likely N-dealkylation sites (tertiary alicyclic amines) is 1. The summed E-state index contributed by atoms with van der Waals surface area (Å²) in [6.07, 6.45) is 13.6. The molecule has 0 aromatic carbocycles. The van der Waals surface area contributed by atoms with Crippen molar-refractivity contribution in [2.24, 2.45) is 5.41 Å². The summed E-state index contributed by atoms with van der Waals surface area (Å²) in [5.41, 5.74) is 3.07. The Morgan fingerprint density at radius 3 is 2.88 bits per heavy atom. The van der Waals surface area contributed by atoms with E-state index in [0.717, 1.165) is 61.4 Å². The van der Waals surface area contributed by atoms with Gasteiger partial charge in [0.25, 0.3) is 5.91 Å². The highest BCUT2D eigenvalue weighted by atomic mass is 16.5. The molecule has 0 bridgehead atoms. The van der Waals surface area contributed by atoms with Crippen LogP contribution in [0.3, 0.4) is 0 Å². The van der Waals surface area contributed by atoms with E-state index in [9.17, 15) is 10.1 Å². The molecule has 0 aliphatic carbocycles. The lowest BCUT2D eigenvalue weighted by molar-refractivity contribution is -0.124. The van der Waals surface area contributed by atoms with Gasteiger partial charge in [-0.2, -0.15) is 10.4 Å². The first-order valence-electron chi connectivity index (χ1n) is 11.6. The molecule has 1 atom stereocenters. The molecule has 2 fully saturated rings. The smallest absolute Gasteiger partial charge is 0.298 e. The highest BCUT2D eigenvalue weighted by Crippen LogP contribution is 2.40. The third-order valence-corrected chi connectivity index (χ3v) is 6.91. The Morgan fingerprint density at radius 1 is 1.26 bits per heavy atom. The van der Waals surface area contributed by atoms with E-state index < -0.39 is 0 Å². The first-order chi connectivity index (χ1) is 16.6. The molecule has 3 aromatic heterocycles. The molecule has 172 valence electrons. The summed E-state index contributed by atoms with van der Waals surface area (Å²) < 4.78 is 7.40. The van der Waals surface area contributed by atoms with Crippen LogP contribution < -0.4 is 9.64 Å². The number of hydrogen-bond acceptors (Lipinski definition) is 6. The van der Waals surface area contributed by atoms with Crippen molar-refractivity contribution in [1.82, 2.24) is 19.5 Å². The van der Waals surface area contributed by atoms with Crippen LogP contribution in [0.2, 0.25) is 0 Å². The molecule has 0 N–H and O–H groups in total. The number of carbonyl (C=O) groups excluding carboxylic acids is 1. The van der Waals surface area contributed by atoms with Crippen LogP contribution in [0, 0.1) is 29.1 Å². The van der Waals surface area contributed by atoms with Gasteiger partial charge in [0.05, 0.1) is 30.1 Å². The number of nitriles is 1. The minimum atomic E-state index is -0.214. The molecule has 5 rings (SSSR count). The second-order valence-corrected chi connectivity index (χ2v) is 9.04. The van der Waals surface area contributed by atoms with Crippen molar-refractivity contribution in [1.29, 1.82) is 5.26 Å². The normalized spacial score (nSPS) is 19.9. The van der Waals surface area contributed by atoms with E-state index >= 15 is 0 Å². The van der Waals surface area contributed by atoms with Crippen molar-refractivity contribution >= 4 is 17.2 Å². The number of nitrogens with zero attached hydrogens (tertiary/aromatic N) is 6. The summed E-state index contributed by atoms with van der Waals surface area (Å²) in [5.74, 6) is 3.64. The molecule has 1 unspecified atom stereocenters. The van der Waals surface area contributed by atoms with Crippen molar-refractivity contribution < 1.29 is 9.53 Å². The van der Waals surface area contributed by atoms with Gasteiger partial charge in [0.2, 0.25) is 0 Å². The fourth-order valence-electron chi connectivity index (χ4n) is 5.31. The number of carbonyl (C=O) groups is 1. The largest absolute Gasteiger partial charge is 0.492 e. The molecule has 2 saturated heterocycles. The van der Waals surface area contributed by atoms with E-state index in [1.54, 1.807) is 21.8 Å². The van der Waals surface area contributed by atoms with Gasteiger partial charge in [0.15, 0.2) is 0 Å². The molecular formula is C26H26N6O2. The number of terminal acetylenes is 1. The Labute approximate surface area is 198 Å². The number of pyridine rings is 2. The fraction of sp³-hybridized carbons (Fsp3) is 0.385. The SMILES string of the molecule is C#CC(=O)N1CCC2(CCCN(c3ccc(-c4cc(OCC)cn5ncc(C#N)c45)cn3)C2)C1. The van der Waals surface area contributed by atoms with Crippen molar-refractivity contribution in [3.63, 3.8) is 0 Å². The van der Waals surface area contributed by atoms with Crippen molar-refractivity contribution in [2.75, 3.05) is 37.7 Å². The second-order valence-electron chi connectivity index (χ2n) is 9.04. The highest BCUT2D eigenvalue weighted by Gasteiger charge is 2.42. The minimum Gasteiger partial charge on any atom is -0.492 e. The molecule has 2 aliphatic heterocycles. The highest BCUT2D eigenvalue weighted by molar-refractivity contribution is 5.93. The number of fused-ring (bicyclic) bond motifs is 1. The predicted molar refractivity (Wildman–Crippen MR) is 128 cm³/mol. The molecule has 3 aromatic rings. The number of ether oxygens (including phenoxy) is 1. The third kappa shape index (κ3) is 3.82. The van der Waals surface area contributed by atoms with Crippen LogP contribution in [0.15, 0.2) is 36.8 Å². The second kappa shape index (κ2) is 8.72. The lowest BCUT2D eigenvalue weighted by Gasteiger charge is -2.41. The third-order valence-electron chi connectivity index (χ3n) is 6.91. The Morgan fingerprint density at radius 2 is 2.15 bits per heavy atom. The predicted octanol–water partition coefficient (Wildman–Crippen LogP) is 3.12. The average Bonchev–Trinajstić information content (AvgIpc) is 3.47. The summed E-state index contributed by atoms with van der Waals surface area (Å²) in [7, 11) is 0. The van der Waals surface area contributed by atoms with Gasteiger partial charge in [-0.3, -0.25) is 4.79 Å². The van der Waals surface area contributed by atoms with Crippen LogP contribution in [-0.4, -0.2) is 58.2 Å². The molecule has 1 spiro atoms. The molecule has 0 saturated carbocycles. The van der Waals surface area contributed by atoms with E-state index in [4.69, 9.17) is 16.1 Å². The first kappa shape index (κ1) is 21.8. The lowest BCUT2D eigenvalue weighted by Crippen LogP contribution is -2.45. The van der Waals surface area contributed by atoms with Crippen LogP contribution in [0.4, 0.5) is 5.82 Å². The van der Waals surface area contributed by atoms with Gasteiger partial charge in [-0.1, -0.05) is 0 Å². The Balaban J connectivity index is 1.42. The minimum absolute atomic E-state index is 0.0718. The Bertz CT molecular complexity index is 1320. The molecule has 5 heterocycles. The van der Waals surface area contributed by atoms with E-state index in [0.29, 0.717) is 24.5 Å². The van der Waals surface area contributed by atoms with E-state index in [1.165, 1.54) is 0 Å². The molecular weight excluding hydrogens is 428 g/mol. The van der Waals surface area contributed by atoms with E-state index in [2.05, 4.69) is 22.0 Å². The van der Waals surface area contributed by atoms with Crippen LogP contribution in [-0.2, 0) is 4.79 Å². The van der Waals surface area contributed by atoms with Gasteiger partial charge in [-0.15, -0.1) is 6.42 Å². The zero-order chi connectivity index (χ0) is 23.7. The van der Waals surface area contributed by atoms with Crippen molar-refractivity contribution in [3.05, 3.63) is 42.4 Å². The first-order valence-corrected chi connectivity index (χ1v) is 11.6. The molecule has 34 heavy (non-hydrogen) atoms. The van der Waals surface area contributed by atoms with Gasteiger partial charge >= 0.3 is 0 Å². The van der Waals surface area contributed by atoms with Crippen molar-refractivity contribution in [2.45, 2.75) is 26.2 Å². The Hall–Kier alpha value is -4.04. The quantitative estimate of drug-likeness (QED) is 0.563. The summed E-state index contributed by atoms with van der Waals surface area (Å²) in [4.78, 5) is 20.9. The number of rotatable bonds is 4. The summed E-state index contributed by atoms with van der Waals surface area (Å²) in [6.45, 7) is 5.70. The summed E-state index contributed by atoms with van der Waals surface area (Å²) in [5, 5.41) is 13.9. The number of aromatic nitrogens is 3. The van der Waals surface area contributed by atoms with Crippen LogP contribution in [0.1, 0.15) is 31.7 Å². The number of amides is 1. The van der Waals surface area contributed by atoms with Gasteiger partial charge in [-0.25, -0.2) is 9.50 Å². The molecule has 8 heteroatoms.